The molecule has 5 heteroatoms. The molecule has 1 aromatic rings. The normalized spacial score (nSPS) is 19.5. The van der Waals surface area contributed by atoms with Gasteiger partial charge in [0.2, 0.25) is 0 Å². The number of carboxylic acid groups (broad SMARTS) is 1. The molecule has 0 amide bonds. The Hall–Kier alpha value is -1.20. The second kappa shape index (κ2) is 3.43. The second-order valence-corrected chi connectivity index (χ2v) is 6.45. The zero-order valence-corrected chi connectivity index (χ0v) is 9.25. The number of rotatable bonds is 2. The van der Waals surface area contributed by atoms with Gasteiger partial charge in [0.1, 0.15) is 0 Å². The van der Waals surface area contributed by atoms with Crippen molar-refractivity contribution in [3.63, 3.8) is 0 Å². The van der Waals surface area contributed by atoms with E-state index in [2.05, 4.69) is 4.72 Å². The lowest BCUT2D eigenvalue weighted by molar-refractivity contribution is 0.0696. The lowest BCUT2D eigenvalue weighted by Crippen LogP contribution is -2.26. The molecule has 0 radical (unpaired) electrons. The predicted octanol–water partition coefficient (Wildman–Crippen LogP) is 0.798. The van der Waals surface area contributed by atoms with Crippen LogP contribution in [-0.2, 0) is 16.7 Å². The minimum atomic E-state index is -2.52. The minimum absolute atomic E-state index is 0.200. The average Bonchev–Trinajstić information content (AvgIpc) is 2.57. The van der Waals surface area contributed by atoms with Gasteiger partial charge in [-0.05, 0) is 27.8 Å². The van der Waals surface area contributed by atoms with Crippen LogP contribution < -0.4 is 4.72 Å². The highest BCUT2D eigenvalue weighted by molar-refractivity contribution is 8.01. The molecule has 1 aliphatic rings. The molecule has 2 rings (SSSR count). The summed E-state index contributed by atoms with van der Waals surface area (Å²) >= 11 is 0. The van der Waals surface area contributed by atoms with E-state index >= 15 is 0 Å². The number of benzene rings is 1. The maximum absolute atomic E-state index is 12.3. The SMILES string of the molecule is CC[SH]1(=O)NCc2ccc(C(=O)O)cc21. The van der Waals surface area contributed by atoms with Crippen LogP contribution in [0.15, 0.2) is 23.1 Å². The zero-order valence-electron chi connectivity index (χ0n) is 8.36. The quantitative estimate of drug-likeness (QED) is 0.655. The highest BCUT2D eigenvalue weighted by atomic mass is 32.3. The number of hydrogen-bond donors (Lipinski definition) is 3. The molecule has 82 valence electrons. The van der Waals surface area contributed by atoms with Crippen LogP contribution >= 0.6 is 0 Å². The van der Waals surface area contributed by atoms with Gasteiger partial charge in [0.25, 0.3) is 0 Å². The maximum atomic E-state index is 12.3. The van der Waals surface area contributed by atoms with Crippen LogP contribution in [0.4, 0.5) is 0 Å². The summed E-state index contributed by atoms with van der Waals surface area (Å²) in [6, 6.07) is 4.82. The van der Waals surface area contributed by atoms with Crippen molar-refractivity contribution < 1.29 is 14.1 Å². The molecule has 0 bridgehead atoms. The van der Waals surface area contributed by atoms with Crippen molar-refractivity contribution in [2.45, 2.75) is 18.4 Å². The summed E-state index contributed by atoms with van der Waals surface area (Å²) in [5.74, 6) is -0.462. The Balaban J connectivity index is 2.56. The Morgan fingerprint density at radius 2 is 2.33 bits per heavy atom. The fraction of sp³-hybridized carbons (Fsp3) is 0.300. The van der Waals surface area contributed by atoms with Gasteiger partial charge in [-0.1, -0.05) is 13.0 Å². The van der Waals surface area contributed by atoms with Crippen LogP contribution in [-0.4, -0.2) is 21.0 Å². The molecule has 0 fully saturated rings. The van der Waals surface area contributed by atoms with Gasteiger partial charge in [0.15, 0.2) is 0 Å². The van der Waals surface area contributed by atoms with Crippen LogP contribution in [0.25, 0.3) is 0 Å². The Morgan fingerprint density at radius 3 is 2.93 bits per heavy atom. The summed E-state index contributed by atoms with van der Waals surface area (Å²) in [4.78, 5) is 11.5. The zero-order chi connectivity index (χ0) is 11.1. The van der Waals surface area contributed by atoms with Gasteiger partial charge >= 0.3 is 5.97 Å². The van der Waals surface area contributed by atoms with Crippen molar-refractivity contribution >= 4 is 16.1 Å². The summed E-state index contributed by atoms with van der Waals surface area (Å²) in [7, 11) is -2.52. The summed E-state index contributed by atoms with van der Waals surface area (Å²) in [6.07, 6.45) is 0. The van der Waals surface area contributed by atoms with Gasteiger partial charge in [-0.15, -0.1) is 0 Å². The number of fused-ring (bicyclic) bond motifs is 1. The minimum Gasteiger partial charge on any atom is -0.478 e. The standard InChI is InChI=1S/C10H13NO3S/c1-2-15(14)9-5-7(10(12)13)3-4-8(9)6-11-15/h3-5,15H,2,6H2,1H3,(H,11,14)(H,12,13). The first-order valence-corrected chi connectivity index (χ1v) is 6.67. The van der Waals surface area contributed by atoms with Crippen molar-refractivity contribution in [1.29, 1.82) is 0 Å². The van der Waals surface area contributed by atoms with Crippen molar-refractivity contribution in [2.24, 2.45) is 0 Å². The van der Waals surface area contributed by atoms with Crippen molar-refractivity contribution in [1.82, 2.24) is 4.72 Å². The van der Waals surface area contributed by atoms with Gasteiger partial charge in [-0.25, -0.2) is 4.79 Å². The molecule has 15 heavy (non-hydrogen) atoms. The maximum Gasteiger partial charge on any atom is 0.335 e. The van der Waals surface area contributed by atoms with Crippen LogP contribution in [0.3, 0.4) is 0 Å². The molecule has 0 unspecified atom stereocenters. The largest absolute Gasteiger partial charge is 0.478 e. The van der Waals surface area contributed by atoms with E-state index in [4.69, 9.17) is 5.11 Å². The Kier molecular flexibility index (Phi) is 2.36. The van der Waals surface area contributed by atoms with Gasteiger partial charge in [0.05, 0.1) is 5.56 Å². The second-order valence-electron chi connectivity index (χ2n) is 3.54. The fourth-order valence-corrected chi connectivity index (χ4v) is 3.89. The molecule has 0 aromatic heterocycles. The molecule has 0 spiro atoms. The van der Waals surface area contributed by atoms with Gasteiger partial charge in [-0.3, -0.25) is 8.93 Å². The van der Waals surface area contributed by atoms with Gasteiger partial charge < -0.3 is 5.11 Å². The van der Waals surface area contributed by atoms with Crippen LogP contribution in [0.2, 0.25) is 0 Å². The first-order chi connectivity index (χ1) is 7.07. The van der Waals surface area contributed by atoms with Crippen molar-refractivity contribution in [3.8, 4) is 0 Å². The number of carboxylic acids is 1. The topological polar surface area (TPSA) is 66.4 Å². The van der Waals surface area contributed by atoms with E-state index in [1.165, 1.54) is 6.07 Å². The van der Waals surface area contributed by atoms with Gasteiger partial charge in [0, 0.05) is 17.2 Å². The Morgan fingerprint density at radius 1 is 1.60 bits per heavy atom. The molecule has 2 N–H and O–H groups in total. The third-order valence-corrected chi connectivity index (χ3v) is 5.45. The molecule has 0 atom stereocenters. The Bertz CT molecular complexity index is 470. The van der Waals surface area contributed by atoms with Crippen LogP contribution in [0.5, 0.6) is 0 Å². The number of thiol groups is 1. The summed E-state index contributed by atoms with van der Waals surface area (Å²) < 4.78 is 15.3. The smallest absolute Gasteiger partial charge is 0.335 e. The highest BCUT2D eigenvalue weighted by Gasteiger charge is 2.26. The fourth-order valence-electron chi connectivity index (χ4n) is 1.76. The molecule has 0 saturated heterocycles. The van der Waals surface area contributed by atoms with E-state index in [9.17, 15) is 9.00 Å². The molecular formula is C10H13NO3S. The van der Waals surface area contributed by atoms with Gasteiger partial charge in [-0.2, -0.15) is 0 Å². The summed E-state index contributed by atoms with van der Waals surface area (Å²) in [6.45, 7) is 2.41. The lowest BCUT2D eigenvalue weighted by Gasteiger charge is -2.17. The summed E-state index contributed by atoms with van der Waals surface area (Å²) in [5, 5.41) is 8.85. The highest BCUT2D eigenvalue weighted by Crippen LogP contribution is 2.28. The van der Waals surface area contributed by atoms with E-state index in [1.807, 2.05) is 6.92 Å². The monoisotopic (exact) mass is 227 g/mol. The molecule has 0 aliphatic carbocycles. The molecular weight excluding hydrogens is 214 g/mol. The van der Waals surface area contributed by atoms with E-state index in [1.54, 1.807) is 12.1 Å². The van der Waals surface area contributed by atoms with Crippen molar-refractivity contribution in [3.05, 3.63) is 29.3 Å². The third-order valence-electron chi connectivity index (χ3n) is 2.69. The number of carbonyl (C=O) groups is 1. The molecule has 0 saturated carbocycles. The van der Waals surface area contributed by atoms with Crippen LogP contribution in [0, 0.1) is 0 Å². The van der Waals surface area contributed by atoms with E-state index in [0.717, 1.165) is 5.56 Å². The number of aromatic carboxylic acids is 1. The molecule has 1 heterocycles. The number of hydrogen-bond acceptors (Lipinski definition) is 2. The molecule has 4 nitrogen and oxygen atoms in total. The first-order valence-electron chi connectivity index (χ1n) is 4.78. The van der Waals surface area contributed by atoms with Crippen LogP contribution in [0.1, 0.15) is 22.8 Å². The number of nitrogens with one attached hydrogen (secondary N) is 1. The lowest BCUT2D eigenvalue weighted by atomic mass is 10.1. The first kappa shape index (κ1) is 10.3. The third kappa shape index (κ3) is 1.57. The molecule has 1 aliphatic heterocycles. The van der Waals surface area contributed by atoms with Crippen molar-refractivity contribution in [2.75, 3.05) is 5.75 Å². The summed E-state index contributed by atoms with van der Waals surface area (Å²) in [5.41, 5.74) is 1.15. The molecule has 1 aromatic carbocycles. The Labute approximate surface area is 88.9 Å². The van der Waals surface area contributed by atoms with E-state index in [-0.39, 0.29) is 5.56 Å². The van der Waals surface area contributed by atoms with E-state index < -0.39 is 16.1 Å². The average molecular weight is 227 g/mol. The predicted molar refractivity (Wildman–Crippen MR) is 58.6 cm³/mol. The van der Waals surface area contributed by atoms with E-state index in [0.29, 0.717) is 17.2 Å².